The normalized spacial score (nSPS) is 10.8. The van der Waals surface area contributed by atoms with Gasteiger partial charge in [0.15, 0.2) is 0 Å². The van der Waals surface area contributed by atoms with Crippen molar-refractivity contribution in [3.05, 3.63) is 108 Å². The van der Waals surface area contributed by atoms with Crippen molar-refractivity contribution in [3.8, 4) is 33.8 Å². The van der Waals surface area contributed by atoms with Gasteiger partial charge in [-0.05, 0) is 61.1 Å². The third kappa shape index (κ3) is 20.0. The highest BCUT2D eigenvalue weighted by molar-refractivity contribution is 5.83. The first-order valence-electron chi connectivity index (χ1n) is 23.2. The fraction of sp³-hybridized carbons (Fsp3) is 0.519. The first-order valence-corrected chi connectivity index (χ1v) is 23.2. The van der Waals surface area contributed by atoms with Crippen LogP contribution in [0.25, 0.3) is 22.3 Å². The van der Waals surface area contributed by atoms with E-state index < -0.39 is 0 Å². The molecule has 0 heterocycles. The Kier molecular flexibility index (Phi) is 25.6. The summed E-state index contributed by atoms with van der Waals surface area (Å²) in [6.07, 6.45) is 28.3. The second-order valence-electron chi connectivity index (χ2n) is 16.1. The van der Waals surface area contributed by atoms with E-state index in [0.29, 0.717) is 24.3 Å². The monoisotopic (exact) mass is 789 g/mol. The van der Waals surface area contributed by atoms with E-state index in [1.165, 1.54) is 138 Å². The maximum Gasteiger partial charge on any atom is 0.311 e. The highest BCUT2D eigenvalue weighted by atomic mass is 16.5. The summed E-state index contributed by atoms with van der Waals surface area (Å²) in [6.45, 7) is 8.82. The summed E-state index contributed by atoms with van der Waals surface area (Å²) in [5.41, 5.74) is 6.87. The minimum Gasteiger partial charge on any atom is -0.426 e. The molecular weight excluding hydrogens is 713 g/mol. The molecule has 0 amide bonds. The van der Waals surface area contributed by atoms with Gasteiger partial charge in [-0.3, -0.25) is 9.59 Å². The Bertz CT molecular complexity index is 1560. The van der Waals surface area contributed by atoms with Crippen LogP contribution in [0.15, 0.2) is 97.1 Å². The maximum atomic E-state index is 12.7. The number of hydrogen-bond acceptors (Lipinski definition) is 4. The van der Waals surface area contributed by atoms with Crippen molar-refractivity contribution in [2.24, 2.45) is 0 Å². The Balaban J connectivity index is 0.000000533. The summed E-state index contributed by atoms with van der Waals surface area (Å²) in [7, 11) is 0. The molecule has 0 atom stereocenters. The Morgan fingerprint density at radius 1 is 0.345 bits per heavy atom. The van der Waals surface area contributed by atoms with Gasteiger partial charge in [0.05, 0.1) is 0 Å². The van der Waals surface area contributed by atoms with Gasteiger partial charge in [-0.1, -0.05) is 227 Å². The third-order valence-electron chi connectivity index (χ3n) is 11.1. The summed E-state index contributed by atoms with van der Waals surface area (Å²) in [5, 5.41) is 0. The zero-order valence-electron chi connectivity index (χ0n) is 36.8. The number of carbonyl (C=O) groups is 2. The summed E-state index contributed by atoms with van der Waals surface area (Å²) >= 11 is 0. The van der Waals surface area contributed by atoms with E-state index in [1.54, 1.807) is 0 Å². The SMILES string of the molecule is CCCCCCCCCCCCCC(=O)Oc1ccccc1-c1ccccc1OC(=O)CCCCCCCCCCCCC.Cc1ccccc1-c1ccccc1C. The number of ether oxygens (including phenoxy) is 2. The van der Waals surface area contributed by atoms with Crippen LogP contribution in [0.2, 0.25) is 0 Å². The minimum atomic E-state index is -0.209. The van der Waals surface area contributed by atoms with Gasteiger partial charge in [0.2, 0.25) is 0 Å². The molecule has 4 aromatic carbocycles. The molecule has 4 aromatic rings. The average molecular weight is 789 g/mol. The predicted octanol–water partition coefficient (Wildman–Crippen LogP) is 16.5. The minimum absolute atomic E-state index is 0.209. The van der Waals surface area contributed by atoms with Gasteiger partial charge in [0.1, 0.15) is 11.5 Å². The first kappa shape index (κ1) is 48.2. The maximum absolute atomic E-state index is 12.7. The van der Waals surface area contributed by atoms with Crippen molar-refractivity contribution >= 4 is 11.9 Å². The van der Waals surface area contributed by atoms with E-state index in [-0.39, 0.29) is 11.9 Å². The molecule has 0 radical (unpaired) electrons. The average Bonchev–Trinajstić information content (AvgIpc) is 3.23. The van der Waals surface area contributed by atoms with Gasteiger partial charge in [0.25, 0.3) is 0 Å². The molecular formula is C54H76O4. The second kappa shape index (κ2) is 30.8. The number of carbonyl (C=O) groups excluding carboxylic acids is 2. The fourth-order valence-corrected chi connectivity index (χ4v) is 7.52. The number of unbranched alkanes of at least 4 members (excludes halogenated alkanes) is 20. The van der Waals surface area contributed by atoms with Gasteiger partial charge in [-0.25, -0.2) is 0 Å². The van der Waals surface area contributed by atoms with Crippen LogP contribution in [0.4, 0.5) is 0 Å². The van der Waals surface area contributed by atoms with Gasteiger partial charge in [-0.2, -0.15) is 0 Å². The molecule has 0 aromatic heterocycles. The molecule has 0 N–H and O–H groups in total. The van der Waals surface area contributed by atoms with Crippen molar-refractivity contribution in [1.82, 2.24) is 0 Å². The van der Waals surface area contributed by atoms with Gasteiger partial charge in [-0.15, -0.1) is 0 Å². The van der Waals surface area contributed by atoms with Crippen LogP contribution >= 0.6 is 0 Å². The number of hydrogen-bond donors (Lipinski definition) is 0. The highest BCUT2D eigenvalue weighted by Crippen LogP contribution is 2.37. The number of aryl methyl sites for hydroxylation is 2. The lowest BCUT2D eigenvalue weighted by molar-refractivity contribution is -0.135. The molecule has 0 spiro atoms. The Morgan fingerprint density at radius 3 is 0.914 bits per heavy atom. The second-order valence-corrected chi connectivity index (χ2v) is 16.1. The van der Waals surface area contributed by atoms with Gasteiger partial charge in [0, 0.05) is 24.0 Å². The first-order chi connectivity index (χ1) is 28.4. The van der Waals surface area contributed by atoms with E-state index in [0.717, 1.165) is 36.8 Å². The lowest BCUT2D eigenvalue weighted by Gasteiger charge is -2.14. The fourth-order valence-electron chi connectivity index (χ4n) is 7.52. The van der Waals surface area contributed by atoms with Crippen LogP contribution < -0.4 is 9.47 Å². The van der Waals surface area contributed by atoms with Crippen LogP contribution in [-0.2, 0) is 9.59 Å². The number of benzene rings is 4. The lowest BCUT2D eigenvalue weighted by atomic mass is 9.97. The summed E-state index contributed by atoms with van der Waals surface area (Å²) in [6, 6.07) is 32.1. The largest absolute Gasteiger partial charge is 0.426 e. The standard InChI is InChI=1S/C40H62O4.C14H14/c1-3-5-7-9-11-13-15-17-19-21-23-33-39(41)43-37-31-27-25-29-35(37)36-30-26-28-32-38(36)44-40(42)34-24-22-20-18-16-14-12-10-8-6-4-2;1-11-7-3-5-9-13(11)14-10-6-4-8-12(14)2/h25-32H,3-24,33-34H2,1-2H3;3-10H,1-2H3. The summed E-state index contributed by atoms with van der Waals surface area (Å²) < 4.78 is 11.6. The summed E-state index contributed by atoms with van der Waals surface area (Å²) in [5.74, 6) is 0.600. The Labute approximate surface area is 353 Å². The molecule has 316 valence electrons. The number of rotatable bonds is 28. The third-order valence-corrected chi connectivity index (χ3v) is 11.1. The van der Waals surface area contributed by atoms with Crippen LogP contribution in [0.3, 0.4) is 0 Å². The van der Waals surface area contributed by atoms with Crippen LogP contribution in [0, 0.1) is 13.8 Å². The lowest BCUT2D eigenvalue weighted by Crippen LogP contribution is -2.10. The molecule has 0 aliphatic heterocycles. The number of para-hydroxylation sites is 2. The van der Waals surface area contributed by atoms with E-state index >= 15 is 0 Å². The topological polar surface area (TPSA) is 52.6 Å². The molecule has 58 heavy (non-hydrogen) atoms. The Hall–Kier alpha value is -4.18. The van der Waals surface area contributed by atoms with Gasteiger partial charge >= 0.3 is 11.9 Å². The molecule has 4 nitrogen and oxygen atoms in total. The van der Waals surface area contributed by atoms with E-state index in [4.69, 9.17) is 9.47 Å². The molecule has 0 saturated heterocycles. The molecule has 4 rings (SSSR count). The van der Waals surface area contributed by atoms with E-state index in [1.807, 2.05) is 48.5 Å². The quantitative estimate of drug-likeness (QED) is 0.0327. The van der Waals surface area contributed by atoms with Crippen molar-refractivity contribution in [3.63, 3.8) is 0 Å². The zero-order valence-corrected chi connectivity index (χ0v) is 36.8. The van der Waals surface area contributed by atoms with Crippen LogP contribution in [0.1, 0.15) is 179 Å². The molecule has 4 heteroatoms. The van der Waals surface area contributed by atoms with Crippen LogP contribution in [-0.4, -0.2) is 11.9 Å². The molecule has 0 saturated carbocycles. The Morgan fingerprint density at radius 2 is 0.603 bits per heavy atom. The smallest absolute Gasteiger partial charge is 0.311 e. The molecule has 0 fully saturated rings. The zero-order chi connectivity index (χ0) is 41.5. The molecule has 0 unspecified atom stereocenters. The summed E-state index contributed by atoms with van der Waals surface area (Å²) in [4.78, 5) is 25.4. The van der Waals surface area contributed by atoms with E-state index in [9.17, 15) is 9.59 Å². The molecule has 0 bridgehead atoms. The van der Waals surface area contributed by atoms with Crippen molar-refractivity contribution in [2.45, 2.75) is 182 Å². The highest BCUT2D eigenvalue weighted by Gasteiger charge is 2.16. The predicted molar refractivity (Wildman–Crippen MR) is 247 cm³/mol. The van der Waals surface area contributed by atoms with Gasteiger partial charge < -0.3 is 9.47 Å². The molecule has 0 aliphatic carbocycles. The van der Waals surface area contributed by atoms with Crippen molar-refractivity contribution < 1.29 is 19.1 Å². The van der Waals surface area contributed by atoms with Crippen molar-refractivity contribution in [1.29, 1.82) is 0 Å². The molecule has 0 aliphatic rings. The van der Waals surface area contributed by atoms with Crippen LogP contribution in [0.5, 0.6) is 11.5 Å². The van der Waals surface area contributed by atoms with Crippen molar-refractivity contribution in [2.75, 3.05) is 0 Å². The number of esters is 2. The van der Waals surface area contributed by atoms with E-state index in [2.05, 4.69) is 76.2 Å².